The molecule has 1 saturated heterocycles. The molecule has 1 fully saturated rings. The molecule has 112 valence electrons. The van der Waals surface area contributed by atoms with Crippen LogP contribution < -0.4 is 0 Å². The number of amides is 1. The summed E-state index contributed by atoms with van der Waals surface area (Å²) in [6, 6.07) is 7.59. The fourth-order valence-corrected chi connectivity index (χ4v) is 3.34. The third kappa shape index (κ3) is 2.98. The second kappa shape index (κ2) is 6.18. The number of rotatable bonds is 1. The zero-order valence-electron chi connectivity index (χ0n) is 12.3. The third-order valence-corrected chi connectivity index (χ3v) is 4.93. The van der Waals surface area contributed by atoms with Crippen LogP contribution in [0.4, 0.5) is 0 Å². The highest BCUT2D eigenvalue weighted by Gasteiger charge is 2.31. The molecule has 1 aromatic carbocycles. The molecule has 0 N–H and O–H groups in total. The van der Waals surface area contributed by atoms with E-state index in [0.717, 1.165) is 29.4 Å². The Bertz CT molecular complexity index is 564. The molecular formula is C16H20BrN3O. The normalized spacial score (nSPS) is 19.8. The Morgan fingerprint density at radius 3 is 2.67 bits per heavy atom. The molecule has 0 aliphatic carbocycles. The zero-order valence-corrected chi connectivity index (χ0v) is 13.8. The summed E-state index contributed by atoms with van der Waals surface area (Å²) >= 11 is 3.47. The average molecular weight is 350 g/mol. The highest BCUT2D eigenvalue weighted by Crippen LogP contribution is 2.22. The van der Waals surface area contributed by atoms with Crippen LogP contribution in [0.1, 0.15) is 30.1 Å². The van der Waals surface area contributed by atoms with Gasteiger partial charge < -0.3 is 4.90 Å². The lowest BCUT2D eigenvalue weighted by Crippen LogP contribution is -2.47. The topological polar surface area (TPSA) is 35.9 Å². The molecule has 1 amide bonds. The van der Waals surface area contributed by atoms with Gasteiger partial charge in [0.1, 0.15) is 0 Å². The standard InChI is InChI=1S/C16H20BrN3O/c1-12-6-9-19(10-7-12)16-18-8-11-20(16)15(21)13-4-2-3-5-14(13)17/h2-5,12H,6-11H2,1H3. The number of benzene rings is 1. The lowest BCUT2D eigenvalue weighted by Gasteiger charge is -2.34. The summed E-state index contributed by atoms with van der Waals surface area (Å²) in [4.78, 5) is 21.4. The Morgan fingerprint density at radius 2 is 1.95 bits per heavy atom. The molecule has 0 saturated carbocycles. The minimum Gasteiger partial charge on any atom is -0.342 e. The quantitative estimate of drug-likeness (QED) is 0.781. The Morgan fingerprint density at radius 1 is 1.24 bits per heavy atom. The number of halogens is 1. The smallest absolute Gasteiger partial charge is 0.261 e. The van der Waals surface area contributed by atoms with Gasteiger partial charge in [-0.25, -0.2) is 0 Å². The van der Waals surface area contributed by atoms with Gasteiger partial charge in [0.25, 0.3) is 5.91 Å². The molecule has 0 aromatic heterocycles. The van der Waals surface area contributed by atoms with Crippen molar-refractivity contribution in [2.24, 2.45) is 10.9 Å². The Balaban J connectivity index is 1.78. The van der Waals surface area contributed by atoms with Crippen LogP contribution in [0.5, 0.6) is 0 Å². The molecule has 3 rings (SSSR count). The molecular weight excluding hydrogens is 330 g/mol. The van der Waals surface area contributed by atoms with Crippen molar-refractivity contribution < 1.29 is 4.79 Å². The maximum absolute atomic E-state index is 12.8. The van der Waals surface area contributed by atoms with Crippen molar-refractivity contribution in [3.8, 4) is 0 Å². The SMILES string of the molecule is CC1CCN(C2=NCCN2C(=O)c2ccccc2Br)CC1. The van der Waals surface area contributed by atoms with Crippen LogP contribution in [0.2, 0.25) is 0 Å². The summed E-state index contributed by atoms with van der Waals surface area (Å²) in [5.41, 5.74) is 0.706. The first-order chi connectivity index (χ1) is 10.2. The van der Waals surface area contributed by atoms with Gasteiger partial charge >= 0.3 is 0 Å². The third-order valence-electron chi connectivity index (χ3n) is 4.23. The molecule has 0 spiro atoms. The van der Waals surface area contributed by atoms with Crippen molar-refractivity contribution in [2.45, 2.75) is 19.8 Å². The van der Waals surface area contributed by atoms with E-state index in [0.29, 0.717) is 18.7 Å². The number of carbonyl (C=O) groups is 1. The van der Waals surface area contributed by atoms with E-state index in [1.54, 1.807) is 0 Å². The molecule has 21 heavy (non-hydrogen) atoms. The summed E-state index contributed by atoms with van der Waals surface area (Å²) in [5.74, 6) is 1.68. The lowest BCUT2D eigenvalue weighted by atomic mass is 9.99. The van der Waals surface area contributed by atoms with Gasteiger partial charge in [0.05, 0.1) is 12.1 Å². The summed E-state index contributed by atoms with van der Waals surface area (Å²) in [6.07, 6.45) is 2.35. The van der Waals surface area contributed by atoms with Crippen LogP contribution in [-0.2, 0) is 0 Å². The van der Waals surface area contributed by atoms with Gasteiger partial charge in [-0.1, -0.05) is 19.1 Å². The Kier molecular flexibility index (Phi) is 4.29. The van der Waals surface area contributed by atoms with E-state index in [9.17, 15) is 4.79 Å². The number of piperidine rings is 1. The van der Waals surface area contributed by atoms with Crippen molar-refractivity contribution >= 4 is 27.8 Å². The number of aliphatic imine (C=N–C) groups is 1. The summed E-state index contributed by atoms with van der Waals surface area (Å²) < 4.78 is 0.841. The van der Waals surface area contributed by atoms with Gasteiger partial charge in [0.15, 0.2) is 0 Å². The maximum Gasteiger partial charge on any atom is 0.261 e. The van der Waals surface area contributed by atoms with Gasteiger partial charge in [-0.15, -0.1) is 0 Å². The highest BCUT2D eigenvalue weighted by molar-refractivity contribution is 9.10. The predicted molar refractivity (Wildman–Crippen MR) is 87.5 cm³/mol. The van der Waals surface area contributed by atoms with Crippen LogP contribution in [-0.4, -0.2) is 47.8 Å². The van der Waals surface area contributed by atoms with E-state index < -0.39 is 0 Å². The zero-order chi connectivity index (χ0) is 14.8. The van der Waals surface area contributed by atoms with Crippen LogP contribution in [0.15, 0.2) is 33.7 Å². The maximum atomic E-state index is 12.8. The second-order valence-corrected chi connectivity index (χ2v) is 6.64. The number of hydrogen-bond acceptors (Lipinski definition) is 3. The Hall–Kier alpha value is -1.36. The van der Waals surface area contributed by atoms with E-state index in [1.165, 1.54) is 12.8 Å². The molecule has 0 bridgehead atoms. The van der Waals surface area contributed by atoms with E-state index in [2.05, 4.69) is 32.7 Å². The number of carbonyl (C=O) groups excluding carboxylic acids is 1. The monoisotopic (exact) mass is 349 g/mol. The fraction of sp³-hybridized carbons (Fsp3) is 0.500. The van der Waals surface area contributed by atoms with Gasteiger partial charge in [-0.2, -0.15) is 0 Å². The number of likely N-dealkylation sites (tertiary alicyclic amines) is 1. The Labute approximate surface area is 134 Å². The number of nitrogens with zero attached hydrogens (tertiary/aromatic N) is 3. The van der Waals surface area contributed by atoms with Gasteiger partial charge in [0, 0.05) is 24.1 Å². The molecule has 0 unspecified atom stereocenters. The van der Waals surface area contributed by atoms with Gasteiger partial charge in [-0.05, 0) is 46.8 Å². The van der Waals surface area contributed by atoms with Gasteiger partial charge in [-0.3, -0.25) is 14.7 Å². The largest absolute Gasteiger partial charge is 0.342 e. The molecule has 0 atom stereocenters. The second-order valence-electron chi connectivity index (χ2n) is 5.79. The molecule has 4 nitrogen and oxygen atoms in total. The van der Waals surface area contributed by atoms with Crippen LogP contribution in [0, 0.1) is 5.92 Å². The van der Waals surface area contributed by atoms with Crippen LogP contribution >= 0.6 is 15.9 Å². The number of guanidine groups is 1. The fourth-order valence-electron chi connectivity index (χ4n) is 2.89. The molecule has 5 heteroatoms. The van der Waals surface area contributed by atoms with E-state index in [1.807, 2.05) is 29.2 Å². The summed E-state index contributed by atoms with van der Waals surface area (Å²) in [7, 11) is 0. The summed E-state index contributed by atoms with van der Waals surface area (Å²) in [5, 5.41) is 0. The first kappa shape index (κ1) is 14.6. The van der Waals surface area contributed by atoms with Gasteiger partial charge in [0.2, 0.25) is 5.96 Å². The predicted octanol–water partition coefficient (Wildman–Crippen LogP) is 2.99. The molecule has 0 radical (unpaired) electrons. The summed E-state index contributed by atoms with van der Waals surface area (Å²) in [6.45, 7) is 5.68. The lowest BCUT2D eigenvalue weighted by molar-refractivity contribution is 0.0838. The van der Waals surface area contributed by atoms with Crippen LogP contribution in [0.3, 0.4) is 0 Å². The minimum absolute atomic E-state index is 0.0392. The van der Waals surface area contributed by atoms with Crippen LogP contribution in [0.25, 0.3) is 0 Å². The first-order valence-electron chi connectivity index (χ1n) is 7.52. The highest BCUT2D eigenvalue weighted by atomic mass is 79.9. The van der Waals surface area contributed by atoms with Crippen molar-refractivity contribution in [1.29, 1.82) is 0 Å². The molecule has 2 heterocycles. The first-order valence-corrected chi connectivity index (χ1v) is 8.32. The van der Waals surface area contributed by atoms with Crippen molar-refractivity contribution in [1.82, 2.24) is 9.80 Å². The van der Waals surface area contributed by atoms with E-state index in [4.69, 9.17) is 0 Å². The van der Waals surface area contributed by atoms with Crippen molar-refractivity contribution in [3.05, 3.63) is 34.3 Å². The number of hydrogen-bond donors (Lipinski definition) is 0. The van der Waals surface area contributed by atoms with E-state index >= 15 is 0 Å². The molecule has 1 aromatic rings. The molecule has 2 aliphatic heterocycles. The average Bonchev–Trinajstić information content (AvgIpc) is 2.97. The molecule has 2 aliphatic rings. The van der Waals surface area contributed by atoms with Crippen molar-refractivity contribution in [3.63, 3.8) is 0 Å². The minimum atomic E-state index is 0.0392. The van der Waals surface area contributed by atoms with E-state index in [-0.39, 0.29) is 5.91 Å². The van der Waals surface area contributed by atoms with Crippen molar-refractivity contribution in [2.75, 3.05) is 26.2 Å².